The molecule has 1 aromatic carbocycles. The molecule has 2 aromatic rings. The molecular weight excluding hydrogens is 278 g/mol. The molecule has 0 unspecified atom stereocenters. The summed E-state index contributed by atoms with van der Waals surface area (Å²) in [5.74, 6) is 2.37. The molecule has 0 saturated carbocycles. The summed E-state index contributed by atoms with van der Waals surface area (Å²) in [6, 6.07) is 13.6. The standard InChI is InChI=1S/C17H19N3O2/c1-2-6-14(7-3-1)21-12-5-13-22-17-15(8-4-9-20-17)16-18-10-11-19-16/h1-4,6-9H,5,10-13H2,(H,18,19). The van der Waals surface area contributed by atoms with E-state index < -0.39 is 0 Å². The van der Waals surface area contributed by atoms with Crippen molar-refractivity contribution in [3.05, 3.63) is 54.2 Å². The highest BCUT2D eigenvalue weighted by molar-refractivity contribution is 6.01. The van der Waals surface area contributed by atoms with E-state index in [9.17, 15) is 0 Å². The van der Waals surface area contributed by atoms with Crippen LogP contribution in [0.25, 0.3) is 0 Å². The van der Waals surface area contributed by atoms with Crippen LogP contribution >= 0.6 is 0 Å². The Morgan fingerprint density at radius 3 is 2.68 bits per heavy atom. The second-order valence-electron chi connectivity index (χ2n) is 4.88. The summed E-state index contributed by atoms with van der Waals surface area (Å²) in [6.07, 6.45) is 2.53. The number of ether oxygens (including phenoxy) is 2. The van der Waals surface area contributed by atoms with Gasteiger partial charge >= 0.3 is 0 Å². The van der Waals surface area contributed by atoms with Crippen LogP contribution < -0.4 is 14.8 Å². The summed E-state index contributed by atoms with van der Waals surface area (Å²) in [7, 11) is 0. The number of aromatic nitrogens is 1. The van der Waals surface area contributed by atoms with Gasteiger partial charge in [0.25, 0.3) is 0 Å². The zero-order chi connectivity index (χ0) is 15.0. The van der Waals surface area contributed by atoms with Crippen LogP contribution in [0.2, 0.25) is 0 Å². The lowest BCUT2D eigenvalue weighted by molar-refractivity contribution is 0.242. The molecule has 5 nitrogen and oxygen atoms in total. The molecular formula is C17H19N3O2. The lowest BCUT2D eigenvalue weighted by Gasteiger charge is -2.11. The molecule has 0 atom stereocenters. The van der Waals surface area contributed by atoms with Gasteiger partial charge in [-0.2, -0.15) is 0 Å². The molecule has 0 fully saturated rings. The molecule has 5 heteroatoms. The van der Waals surface area contributed by atoms with Gasteiger partial charge in [-0.15, -0.1) is 0 Å². The molecule has 3 rings (SSSR count). The fourth-order valence-corrected chi connectivity index (χ4v) is 2.20. The first-order valence-corrected chi connectivity index (χ1v) is 7.48. The number of aliphatic imine (C=N–C) groups is 1. The van der Waals surface area contributed by atoms with Crippen molar-refractivity contribution in [2.45, 2.75) is 6.42 Å². The monoisotopic (exact) mass is 297 g/mol. The van der Waals surface area contributed by atoms with E-state index in [0.29, 0.717) is 19.1 Å². The predicted molar refractivity (Wildman–Crippen MR) is 85.7 cm³/mol. The van der Waals surface area contributed by atoms with Crippen LogP contribution in [-0.4, -0.2) is 37.1 Å². The molecule has 2 heterocycles. The zero-order valence-electron chi connectivity index (χ0n) is 12.4. The Bertz CT molecular complexity index is 629. The van der Waals surface area contributed by atoms with E-state index in [1.54, 1.807) is 6.20 Å². The fourth-order valence-electron chi connectivity index (χ4n) is 2.20. The van der Waals surface area contributed by atoms with E-state index in [0.717, 1.165) is 36.7 Å². The van der Waals surface area contributed by atoms with Gasteiger partial charge in [0, 0.05) is 19.2 Å². The third-order valence-corrected chi connectivity index (χ3v) is 3.24. The van der Waals surface area contributed by atoms with Crippen molar-refractivity contribution >= 4 is 5.84 Å². The Labute approximate surface area is 130 Å². The highest BCUT2D eigenvalue weighted by Crippen LogP contribution is 2.16. The van der Waals surface area contributed by atoms with Crippen LogP contribution in [0, 0.1) is 0 Å². The molecule has 0 aliphatic carbocycles. The van der Waals surface area contributed by atoms with Gasteiger partial charge in [-0.1, -0.05) is 18.2 Å². The number of rotatable bonds is 7. The molecule has 114 valence electrons. The number of nitrogens with one attached hydrogen (secondary N) is 1. The van der Waals surface area contributed by atoms with Gasteiger partial charge in [-0.25, -0.2) is 4.98 Å². The summed E-state index contributed by atoms with van der Waals surface area (Å²) in [5, 5.41) is 3.24. The maximum Gasteiger partial charge on any atom is 0.224 e. The van der Waals surface area contributed by atoms with Crippen LogP contribution in [0.3, 0.4) is 0 Å². The lowest BCUT2D eigenvalue weighted by atomic mass is 10.2. The first-order chi connectivity index (χ1) is 10.9. The Balaban J connectivity index is 1.48. The van der Waals surface area contributed by atoms with Crippen molar-refractivity contribution in [3.63, 3.8) is 0 Å². The van der Waals surface area contributed by atoms with Gasteiger partial charge in [-0.05, 0) is 24.3 Å². The normalized spacial score (nSPS) is 13.4. The largest absolute Gasteiger partial charge is 0.493 e. The van der Waals surface area contributed by atoms with Gasteiger partial charge in [0.15, 0.2) is 0 Å². The first-order valence-electron chi connectivity index (χ1n) is 7.48. The van der Waals surface area contributed by atoms with Gasteiger partial charge in [-0.3, -0.25) is 4.99 Å². The number of hydrogen-bond acceptors (Lipinski definition) is 5. The maximum atomic E-state index is 5.78. The van der Waals surface area contributed by atoms with E-state index in [4.69, 9.17) is 9.47 Å². The Kier molecular flexibility index (Phi) is 4.87. The van der Waals surface area contributed by atoms with Crippen molar-refractivity contribution in [2.75, 3.05) is 26.3 Å². The molecule has 1 aromatic heterocycles. The molecule has 1 N–H and O–H groups in total. The van der Waals surface area contributed by atoms with Gasteiger partial charge in [0.05, 0.1) is 25.3 Å². The molecule has 1 aliphatic heterocycles. The molecule has 0 saturated heterocycles. The number of pyridine rings is 1. The number of hydrogen-bond donors (Lipinski definition) is 1. The van der Waals surface area contributed by atoms with Crippen molar-refractivity contribution in [3.8, 4) is 11.6 Å². The third-order valence-electron chi connectivity index (χ3n) is 3.24. The van der Waals surface area contributed by atoms with Crippen LogP contribution in [-0.2, 0) is 0 Å². The van der Waals surface area contributed by atoms with Gasteiger partial charge < -0.3 is 14.8 Å². The van der Waals surface area contributed by atoms with Gasteiger partial charge in [0.1, 0.15) is 11.6 Å². The maximum absolute atomic E-state index is 5.78. The SMILES string of the molecule is c1ccc(OCCCOc2ncccc2C2=NCCN2)cc1. The predicted octanol–water partition coefficient (Wildman–Crippen LogP) is 2.28. The molecule has 0 bridgehead atoms. The Hall–Kier alpha value is -2.56. The highest BCUT2D eigenvalue weighted by atomic mass is 16.5. The first kappa shape index (κ1) is 14.4. The minimum atomic E-state index is 0.560. The van der Waals surface area contributed by atoms with Crippen molar-refractivity contribution in [1.82, 2.24) is 10.3 Å². The molecule has 0 radical (unpaired) electrons. The van der Waals surface area contributed by atoms with Gasteiger partial charge in [0.2, 0.25) is 5.88 Å². The average Bonchev–Trinajstić information content (AvgIpc) is 3.10. The second kappa shape index (κ2) is 7.45. The minimum absolute atomic E-state index is 0.560. The minimum Gasteiger partial charge on any atom is -0.493 e. The Morgan fingerprint density at radius 2 is 1.86 bits per heavy atom. The van der Waals surface area contributed by atoms with Crippen LogP contribution in [0.1, 0.15) is 12.0 Å². The fraction of sp³-hybridized carbons (Fsp3) is 0.294. The van der Waals surface area contributed by atoms with E-state index in [-0.39, 0.29) is 0 Å². The van der Waals surface area contributed by atoms with Crippen LogP contribution in [0.5, 0.6) is 11.6 Å². The molecule has 0 amide bonds. The highest BCUT2D eigenvalue weighted by Gasteiger charge is 2.14. The van der Waals surface area contributed by atoms with E-state index in [2.05, 4.69) is 15.3 Å². The van der Waals surface area contributed by atoms with Crippen molar-refractivity contribution in [2.24, 2.45) is 4.99 Å². The van der Waals surface area contributed by atoms with Crippen molar-refractivity contribution in [1.29, 1.82) is 0 Å². The van der Waals surface area contributed by atoms with E-state index in [1.807, 2.05) is 42.5 Å². The molecule has 1 aliphatic rings. The summed E-state index contributed by atoms with van der Waals surface area (Å²) >= 11 is 0. The average molecular weight is 297 g/mol. The number of benzene rings is 1. The zero-order valence-corrected chi connectivity index (χ0v) is 12.4. The number of nitrogens with zero attached hydrogens (tertiary/aromatic N) is 2. The Morgan fingerprint density at radius 1 is 1.00 bits per heavy atom. The van der Waals surface area contributed by atoms with Crippen molar-refractivity contribution < 1.29 is 9.47 Å². The summed E-state index contributed by atoms with van der Waals surface area (Å²) in [5.41, 5.74) is 0.920. The summed E-state index contributed by atoms with van der Waals surface area (Å²) < 4.78 is 11.4. The lowest BCUT2D eigenvalue weighted by Crippen LogP contribution is -2.21. The topological polar surface area (TPSA) is 55.7 Å². The smallest absolute Gasteiger partial charge is 0.224 e. The van der Waals surface area contributed by atoms with Crippen LogP contribution in [0.4, 0.5) is 0 Å². The van der Waals surface area contributed by atoms with E-state index >= 15 is 0 Å². The number of amidine groups is 1. The number of para-hydroxylation sites is 1. The molecule has 22 heavy (non-hydrogen) atoms. The summed E-state index contributed by atoms with van der Waals surface area (Å²) in [6.45, 7) is 2.85. The quantitative estimate of drug-likeness (QED) is 0.797. The third kappa shape index (κ3) is 3.75. The molecule has 0 spiro atoms. The summed E-state index contributed by atoms with van der Waals surface area (Å²) in [4.78, 5) is 8.71. The van der Waals surface area contributed by atoms with E-state index in [1.165, 1.54) is 0 Å². The second-order valence-corrected chi connectivity index (χ2v) is 4.88. The van der Waals surface area contributed by atoms with Crippen LogP contribution in [0.15, 0.2) is 53.7 Å².